The predicted molar refractivity (Wildman–Crippen MR) is 146 cm³/mol. The molecule has 1 atom stereocenters. The quantitative estimate of drug-likeness (QED) is 0.177. The molecule has 0 radical (unpaired) electrons. The van der Waals surface area contributed by atoms with Crippen molar-refractivity contribution in [1.82, 2.24) is 19.4 Å². The third-order valence-corrected chi connectivity index (χ3v) is 6.59. The molecule has 0 spiro atoms. The van der Waals surface area contributed by atoms with E-state index in [-0.39, 0.29) is 42.5 Å². The highest BCUT2D eigenvalue weighted by molar-refractivity contribution is 5.91. The number of allylic oxidation sites excluding steroid dienone is 1. The van der Waals surface area contributed by atoms with Crippen molar-refractivity contribution in [2.75, 3.05) is 30.3 Å². The topological polar surface area (TPSA) is 105 Å². The van der Waals surface area contributed by atoms with Crippen LogP contribution in [0.3, 0.4) is 0 Å². The molecule has 1 fully saturated rings. The van der Waals surface area contributed by atoms with E-state index < -0.39 is 17.6 Å². The molecule has 218 valence electrons. The molecule has 4 rings (SSSR count). The van der Waals surface area contributed by atoms with Crippen LogP contribution >= 0.6 is 0 Å². The van der Waals surface area contributed by atoms with E-state index in [1.165, 1.54) is 6.20 Å². The molecule has 1 amide bonds. The number of anilines is 3. The van der Waals surface area contributed by atoms with E-state index in [0.717, 1.165) is 25.5 Å². The maximum Gasteiger partial charge on any atom is 0.416 e. The van der Waals surface area contributed by atoms with Gasteiger partial charge in [0.1, 0.15) is 23.1 Å². The maximum absolute atomic E-state index is 14.2. The standard InChI is InChI=1S/C28H30F4N6O3/c1-17(41-21-10-11-33-25(14-21)36-26(40)15-38-12-4-5-20(38)16-39)6-9-24-18(2)34-27(37(24)3)35-23-13-19(28(30,31)32)7-8-22(23)29/h6-11,13-14,20,39H,1,4-5,12,15-16H2,2-3H3,(H,34,35)(H,33,36,40)/b9-6-/t20-/m0/s1. The van der Waals surface area contributed by atoms with Gasteiger partial charge >= 0.3 is 6.18 Å². The number of aromatic nitrogens is 3. The summed E-state index contributed by atoms with van der Waals surface area (Å²) in [5, 5.41) is 14.8. The van der Waals surface area contributed by atoms with Crippen molar-refractivity contribution in [1.29, 1.82) is 0 Å². The number of nitrogens with zero attached hydrogens (tertiary/aromatic N) is 4. The van der Waals surface area contributed by atoms with Crippen LogP contribution in [0.5, 0.6) is 5.75 Å². The van der Waals surface area contributed by atoms with Crippen molar-refractivity contribution >= 4 is 29.4 Å². The van der Waals surface area contributed by atoms with Crippen LogP contribution in [-0.2, 0) is 18.0 Å². The van der Waals surface area contributed by atoms with Crippen molar-refractivity contribution in [2.45, 2.75) is 32.0 Å². The summed E-state index contributed by atoms with van der Waals surface area (Å²) in [7, 11) is 1.62. The first kappa shape index (κ1) is 29.7. The number of halogens is 4. The number of pyridine rings is 1. The van der Waals surface area contributed by atoms with Crippen LogP contribution in [0, 0.1) is 12.7 Å². The van der Waals surface area contributed by atoms with Gasteiger partial charge in [0.05, 0.1) is 35.8 Å². The zero-order valence-electron chi connectivity index (χ0n) is 22.5. The number of alkyl halides is 3. The molecule has 3 heterocycles. The number of carbonyl (C=O) groups is 1. The van der Waals surface area contributed by atoms with Gasteiger partial charge in [-0.1, -0.05) is 6.58 Å². The largest absolute Gasteiger partial charge is 0.458 e. The Morgan fingerprint density at radius 3 is 2.80 bits per heavy atom. The number of benzene rings is 1. The summed E-state index contributed by atoms with van der Waals surface area (Å²) in [4.78, 5) is 22.8. The highest BCUT2D eigenvalue weighted by atomic mass is 19.4. The fourth-order valence-corrected chi connectivity index (χ4v) is 4.49. The summed E-state index contributed by atoms with van der Waals surface area (Å²) < 4.78 is 60.7. The van der Waals surface area contributed by atoms with Gasteiger partial charge in [0.25, 0.3) is 0 Å². The summed E-state index contributed by atoms with van der Waals surface area (Å²) in [5.74, 6) is -0.0470. The molecular weight excluding hydrogens is 544 g/mol. The lowest BCUT2D eigenvalue weighted by atomic mass is 10.2. The van der Waals surface area contributed by atoms with Crippen LogP contribution in [0.4, 0.5) is 35.0 Å². The minimum absolute atomic E-state index is 0.00896. The van der Waals surface area contributed by atoms with Crippen molar-refractivity contribution < 1.29 is 32.2 Å². The number of likely N-dealkylation sites (tertiary alicyclic amines) is 1. The Kier molecular flexibility index (Phi) is 9.08. The first-order chi connectivity index (χ1) is 19.4. The highest BCUT2D eigenvalue weighted by Gasteiger charge is 2.31. The lowest BCUT2D eigenvalue weighted by Gasteiger charge is -2.21. The summed E-state index contributed by atoms with van der Waals surface area (Å²) in [6, 6.07) is 5.23. The molecule has 1 saturated heterocycles. The van der Waals surface area contributed by atoms with E-state index in [0.29, 0.717) is 35.1 Å². The van der Waals surface area contributed by atoms with Crippen LogP contribution < -0.4 is 15.4 Å². The van der Waals surface area contributed by atoms with Crippen LogP contribution in [0.25, 0.3) is 6.08 Å². The number of aryl methyl sites for hydroxylation is 1. The molecule has 0 bridgehead atoms. The van der Waals surface area contributed by atoms with Gasteiger partial charge < -0.3 is 25.0 Å². The molecular formula is C28H30F4N6O3. The molecule has 3 aromatic rings. The van der Waals surface area contributed by atoms with Gasteiger partial charge in [-0.3, -0.25) is 9.69 Å². The van der Waals surface area contributed by atoms with Crippen LogP contribution in [0.1, 0.15) is 29.8 Å². The van der Waals surface area contributed by atoms with Crippen LogP contribution in [0.2, 0.25) is 0 Å². The molecule has 1 aliphatic rings. The Morgan fingerprint density at radius 2 is 2.07 bits per heavy atom. The van der Waals surface area contributed by atoms with Gasteiger partial charge in [-0.15, -0.1) is 0 Å². The highest BCUT2D eigenvalue weighted by Crippen LogP contribution is 2.33. The zero-order chi connectivity index (χ0) is 29.7. The lowest BCUT2D eigenvalue weighted by molar-refractivity contribution is -0.137. The van der Waals surface area contributed by atoms with Gasteiger partial charge in [-0.2, -0.15) is 13.2 Å². The second kappa shape index (κ2) is 12.5. The molecule has 13 heteroatoms. The molecule has 9 nitrogen and oxygen atoms in total. The number of hydrogen-bond acceptors (Lipinski definition) is 7. The first-order valence-electron chi connectivity index (χ1n) is 12.8. The molecule has 0 saturated carbocycles. The minimum atomic E-state index is -4.62. The lowest BCUT2D eigenvalue weighted by Crippen LogP contribution is -2.38. The predicted octanol–water partition coefficient (Wildman–Crippen LogP) is 5.03. The molecule has 1 aliphatic heterocycles. The number of hydrogen-bond donors (Lipinski definition) is 3. The van der Waals surface area contributed by atoms with E-state index in [4.69, 9.17) is 4.74 Å². The van der Waals surface area contributed by atoms with Gasteiger partial charge in [-0.05, 0) is 62.7 Å². The number of amides is 1. The summed E-state index contributed by atoms with van der Waals surface area (Å²) in [5.41, 5.74) is -0.232. The molecule has 2 aromatic heterocycles. The third kappa shape index (κ3) is 7.50. The van der Waals surface area contributed by atoms with Crippen molar-refractivity contribution in [3.8, 4) is 5.75 Å². The number of rotatable bonds is 10. The minimum Gasteiger partial charge on any atom is -0.458 e. The Balaban J connectivity index is 1.39. The summed E-state index contributed by atoms with van der Waals surface area (Å²) in [6.07, 6.45) is 1.86. The Hall–Kier alpha value is -4.23. The van der Waals surface area contributed by atoms with E-state index in [1.807, 2.05) is 4.90 Å². The van der Waals surface area contributed by atoms with Gasteiger partial charge in [-0.25, -0.2) is 14.4 Å². The Labute approximate surface area is 234 Å². The molecule has 3 N–H and O–H groups in total. The number of nitrogens with one attached hydrogen (secondary N) is 2. The van der Waals surface area contributed by atoms with Gasteiger partial charge in [0, 0.05) is 25.4 Å². The molecule has 0 aliphatic carbocycles. The molecule has 41 heavy (non-hydrogen) atoms. The Bertz CT molecular complexity index is 1450. The van der Waals surface area contributed by atoms with Crippen LogP contribution in [-0.4, -0.2) is 56.2 Å². The van der Waals surface area contributed by atoms with Crippen molar-refractivity contribution in [3.63, 3.8) is 0 Å². The maximum atomic E-state index is 14.2. The van der Waals surface area contributed by atoms with Gasteiger partial charge in [0.15, 0.2) is 0 Å². The Morgan fingerprint density at radius 1 is 1.29 bits per heavy atom. The average Bonchev–Trinajstić information content (AvgIpc) is 3.46. The third-order valence-electron chi connectivity index (χ3n) is 6.59. The number of carbonyl (C=O) groups excluding carboxylic acids is 1. The second-order valence-corrected chi connectivity index (χ2v) is 9.56. The first-order valence-corrected chi connectivity index (χ1v) is 12.8. The van der Waals surface area contributed by atoms with Gasteiger partial charge in [0.2, 0.25) is 11.9 Å². The number of aliphatic hydroxyl groups excluding tert-OH is 1. The van der Waals surface area contributed by atoms with Crippen molar-refractivity contribution in [2.24, 2.45) is 7.05 Å². The average molecular weight is 575 g/mol. The van der Waals surface area contributed by atoms with Crippen molar-refractivity contribution in [3.05, 3.63) is 77.7 Å². The fourth-order valence-electron chi connectivity index (χ4n) is 4.49. The monoisotopic (exact) mass is 574 g/mol. The summed E-state index contributed by atoms with van der Waals surface area (Å²) >= 11 is 0. The second-order valence-electron chi connectivity index (χ2n) is 9.56. The number of ether oxygens (including phenoxy) is 1. The summed E-state index contributed by atoms with van der Waals surface area (Å²) in [6.45, 7) is 6.47. The SMILES string of the molecule is C=C(/C=C\c1c(C)nc(Nc2cc(C(F)(F)F)ccc2F)n1C)Oc1ccnc(NC(=O)CN2CCC[C@H]2CO)c1. The number of aliphatic hydroxyl groups is 1. The smallest absolute Gasteiger partial charge is 0.416 e. The van der Waals surface area contributed by atoms with E-state index in [9.17, 15) is 27.5 Å². The van der Waals surface area contributed by atoms with E-state index in [1.54, 1.807) is 42.8 Å². The number of imidazole rings is 1. The van der Waals surface area contributed by atoms with E-state index >= 15 is 0 Å². The van der Waals surface area contributed by atoms with Crippen LogP contribution in [0.15, 0.2) is 54.9 Å². The molecule has 0 unspecified atom stereocenters. The zero-order valence-corrected chi connectivity index (χ0v) is 22.5. The normalized spacial score (nSPS) is 15.8. The molecule has 1 aromatic carbocycles. The van der Waals surface area contributed by atoms with E-state index in [2.05, 4.69) is 27.2 Å². The fraction of sp³-hybridized carbons (Fsp3) is 0.321.